The van der Waals surface area contributed by atoms with Crippen LogP contribution in [0.15, 0.2) is 36.7 Å². The van der Waals surface area contributed by atoms with Crippen molar-refractivity contribution < 1.29 is 27.5 Å². The van der Waals surface area contributed by atoms with Crippen LogP contribution in [0.1, 0.15) is 52.6 Å². The number of aromatic amines is 2. The second kappa shape index (κ2) is 7.58. The average Bonchev–Trinajstić information content (AvgIpc) is 3.48. The minimum Gasteiger partial charge on any atom is -0.477 e. The molecule has 4 aromatic rings. The van der Waals surface area contributed by atoms with E-state index in [1.165, 1.54) is 12.1 Å². The standard InChI is InChI=1S/C25H19F4N3O2/c1-11(2)19-21(20-14-4-3-5-17(14)31-10-16(20)25(27,28)29)23(24(33)34)32-22(19)15-8-12(26)9-18-13(15)6-7-30-18/h3-4,6-11,30,32H,5H2,1-2H3,(H,33,34). The Kier molecular flexibility index (Phi) is 4.89. The second-order valence-electron chi connectivity index (χ2n) is 8.53. The van der Waals surface area contributed by atoms with Crippen molar-refractivity contribution in [2.24, 2.45) is 0 Å². The van der Waals surface area contributed by atoms with Gasteiger partial charge in [0, 0.05) is 52.0 Å². The Hall–Kier alpha value is -3.88. The number of nitrogens with one attached hydrogen (secondary N) is 2. The average molecular weight is 469 g/mol. The summed E-state index contributed by atoms with van der Waals surface area (Å²) in [4.78, 5) is 22.1. The van der Waals surface area contributed by atoms with Gasteiger partial charge in [0.05, 0.1) is 17.0 Å². The number of rotatable bonds is 4. The number of hydrogen-bond acceptors (Lipinski definition) is 2. The normalized spacial score (nSPS) is 13.3. The third-order valence-electron chi connectivity index (χ3n) is 6.08. The van der Waals surface area contributed by atoms with Gasteiger partial charge in [0.15, 0.2) is 0 Å². The van der Waals surface area contributed by atoms with Crippen LogP contribution in [0.5, 0.6) is 0 Å². The smallest absolute Gasteiger partial charge is 0.418 e. The Labute approximate surface area is 191 Å². The molecule has 5 nitrogen and oxygen atoms in total. The topological polar surface area (TPSA) is 81.8 Å². The lowest BCUT2D eigenvalue weighted by atomic mass is 9.86. The molecular weight excluding hydrogens is 450 g/mol. The molecule has 0 unspecified atom stereocenters. The molecule has 5 rings (SSSR count). The summed E-state index contributed by atoms with van der Waals surface area (Å²) in [5, 5.41) is 10.7. The highest BCUT2D eigenvalue weighted by molar-refractivity contribution is 6.04. The number of allylic oxidation sites excluding steroid dienone is 1. The maximum Gasteiger partial charge on any atom is 0.418 e. The van der Waals surface area contributed by atoms with Gasteiger partial charge < -0.3 is 15.1 Å². The minimum atomic E-state index is -4.76. The van der Waals surface area contributed by atoms with Gasteiger partial charge in [0.1, 0.15) is 11.5 Å². The quantitative estimate of drug-likeness (QED) is 0.288. The van der Waals surface area contributed by atoms with Gasteiger partial charge in [-0.05, 0) is 29.7 Å². The lowest BCUT2D eigenvalue weighted by molar-refractivity contribution is -0.137. The molecule has 0 saturated heterocycles. The molecule has 0 aliphatic heterocycles. The van der Waals surface area contributed by atoms with Crippen LogP contribution in [0, 0.1) is 5.82 Å². The van der Waals surface area contributed by atoms with Gasteiger partial charge in [0.2, 0.25) is 0 Å². The number of hydrogen-bond donors (Lipinski definition) is 3. The number of alkyl halides is 3. The number of fused-ring (bicyclic) bond motifs is 2. The molecule has 9 heteroatoms. The Morgan fingerprint density at radius 3 is 2.65 bits per heavy atom. The summed E-state index contributed by atoms with van der Waals surface area (Å²) in [6, 6.07) is 4.27. The van der Waals surface area contributed by atoms with Gasteiger partial charge in [-0.15, -0.1) is 0 Å². The van der Waals surface area contributed by atoms with Crippen molar-refractivity contribution in [2.75, 3.05) is 0 Å². The molecule has 0 spiro atoms. The molecule has 1 aliphatic carbocycles. The molecule has 3 heterocycles. The van der Waals surface area contributed by atoms with E-state index < -0.39 is 23.5 Å². The van der Waals surface area contributed by atoms with Crippen molar-refractivity contribution in [3.05, 3.63) is 70.6 Å². The highest BCUT2D eigenvalue weighted by Gasteiger charge is 2.39. The molecule has 0 amide bonds. The van der Waals surface area contributed by atoms with Crippen LogP contribution < -0.4 is 0 Å². The van der Waals surface area contributed by atoms with Crippen molar-refractivity contribution in [3.63, 3.8) is 0 Å². The van der Waals surface area contributed by atoms with E-state index in [0.717, 1.165) is 6.20 Å². The van der Waals surface area contributed by atoms with Crippen molar-refractivity contribution >= 4 is 22.9 Å². The van der Waals surface area contributed by atoms with E-state index in [4.69, 9.17) is 0 Å². The van der Waals surface area contributed by atoms with Crippen molar-refractivity contribution in [1.29, 1.82) is 0 Å². The summed E-state index contributed by atoms with van der Waals surface area (Å²) in [5.41, 5.74) is 0.498. The van der Waals surface area contributed by atoms with E-state index in [0.29, 0.717) is 34.1 Å². The van der Waals surface area contributed by atoms with Crippen LogP contribution >= 0.6 is 0 Å². The van der Waals surface area contributed by atoms with Crippen LogP contribution in [0.25, 0.3) is 39.4 Å². The number of aromatic carboxylic acids is 1. The predicted molar refractivity (Wildman–Crippen MR) is 120 cm³/mol. The summed E-state index contributed by atoms with van der Waals surface area (Å²) < 4.78 is 56.9. The Balaban J connectivity index is 1.94. The zero-order chi connectivity index (χ0) is 24.4. The molecule has 1 aromatic carbocycles. The van der Waals surface area contributed by atoms with Crippen molar-refractivity contribution in [3.8, 4) is 22.4 Å². The van der Waals surface area contributed by atoms with E-state index in [-0.39, 0.29) is 34.0 Å². The number of carbonyl (C=O) groups is 1. The SMILES string of the molecule is CC(C)c1c(-c2cc(F)cc3[nH]ccc23)[nH]c(C(=O)O)c1-c1c(C(F)(F)F)cnc2c1C=CC2. The third-order valence-corrected chi connectivity index (χ3v) is 6.08. The zero-order valence-electron chi connectivity index (χ0n) is 18.1. The van der Waals surface area contributed by atoms with Gasteiger partial charge in [-0.2, -0.15) is 13.2 Å². The summed E-state index contributed by atoms with van der Waals surface area (Å²) in [5.74, 6) is -2.36. The van der Waals surface area contributed by atoms with E-state index in [1.807, 2.05) is 0 Å². The fourth-order valence-electron chi connectivity index (χ4n) is 4.74. The van der Waals surface area contributed by atoms with Crippen molar-refractivity contribution in [1.82, 2.24) is 15.0 Å². The molecule has 0 radical (unpaired) electrons. The van der Waals surface area contributed by atoms with E-state index in [1.54, 1.807) is 38.3 Å². The number of carboxylic acids is 1. The van der Waals surface area contributed by atoms with Gasteiger partial charge in [-0.25, -0.2) is 9.18 Å². The van der Waals surface area contributed by atoms with Gasteiger partial charge in [0.25, 0.3) is 0 Å². The maximum atomic E-state index is 14.5. The molecule has 1 aliphatic rings. The zero-order valence-corrected chi connectivity index (χ0v) is 18.1. The molecule has 3 N–H and O–H groups in total. The van der Waals surface area contributed by atoms with E-state index in [9.17, 15) is 27.5 Å². The number of pyridine rings is 1. The Morgan fingerprint density at radius 1 is 1.21 bits per heavy atom. The monoisotopic (exact) mass is 469 g/mol. The van der Waals surface area contributed by atoms with Crippen LogP contribution in [-0.4, -0.2) is 26.0 Å². The summed E-state index contributed by atoms with van der Waals surface area (Å²) in [6.45, 7) is 3.53. The highest BCUT2D eigenvalue weighted by atomic mass is 19.4. The van der Waals surface area contributed by atoms with Crippen molar-refractivity contribution in [2.45, 2.75) is 32.4 Å². The first-order chi connectivity index (χ1) is 16.1. The molecule has 3 aromatic heterocycles. The minimum absolute atomic E-state index is 0.0528. The van der Waals surface area contributed by atoms with Gasteiger partial charge in [-0.1, -0.05) is 26.0 Å². The largest absolute Gasteiger partial charge is 0.477 e. The fraction of sp³-hybridized carbons (Fsp3) is 0.200. The summed E-state index contributed by atoms with van der Waals surface area (Å²) >= 11 is 0. The molecule has 174 valence electrons. The lowest BCUT2D eigenvalue weighted by Crippen LogP contribution is -2.12. The number of aromatic nitrogens is 3. The number of halogens is 4. The summed E-state index contributed by atoms with van der Waals surface area (Å²) in [6.07, 6.45) is 1.21. The number of H-pyrrole nitrogens is 2. The second-order valence-corrected chi connectivity index (χ2v) is 8.53. The van der Waals surface area contributed by atoms with Gasteiger partial charge >= 0.3 is 12.1 Å². The lowest BCUT2D eigenvalue weighted by Gasteiger charge is -2.19. The predicted octanol–water partition coefficient (Wildman–Crippen LogP) is 6.77. The number of carboxylic acid groups (broad SMARTS) is 1. The number of benzene rings is 1. The van der Waals surface area contributed by atoms with Crippen LogP contribution in [0.2, 0.25) is 0 Å². The first kappa shape index (κ1) is 21.9. The maximum absolute atomic E-state index is 14.5. The molecular formula is C25H19F4N3O2. The first-order valence-electron chi connectivity index (χ1n) is 10.6. The summed E-state index contributed by atoms with van der Waals surface area (Å²) in [7, 11) is 0. The molecule has 0 atom stereocenters. The van der Waals surface area contributed by atoms with Crippen LogP contribution in [0.3, 0.4) is 0 Å². The van der Waals surface area contributed by atoms with Crippen LogP contribution in [0.4, 0.5) is 17.6 Å². The van der Waals surface area contributed by atoms with Crippen LogP contribution in [-0.2, 0) is 12.6 Å². The van der Waals surface area contributed by atoms with Gasteiger partial charge in [-0.3, -0.25) is 4.98 Å². The molecule has 34 heavy (non-hydrogen) atoms. The third kappa shape index (κ3) is 3.30. The Morgan fingerprint density at radius 2 is 1.97 bits per heavy atom. The van der Waals surface area contributed by atoms with E-state index >= 15 is 0 Å². The number of nitrogens with zero attached hydrogens (tertiary/aromatic N) is 1. The molecule has 0 fully saturated rings. The molecule has 0 bridgehead atoms. The first-order valence-corrected chi connectivity index (χ1v) is 10.6. The fourth-order valence-corrected chi connectivity index (χ4v) is 4.74. The highest BCUT2D eigenvalue weighted by Crippen LogP contribution is 2.48. The van der Waals surface area contributed by atoms with E-state index in [2.05, 4.69) is 15.0 Å². The molecule has 0 saturated carbocycles. The Bertz CT molecular complexity index is 1490.